The fourth-order valence-electron chi connectivity index (χ4n) is 5.31. The zero-order valence-corrected chi connectivity index (χ0v) is 26.3. The Hall–Kier alpha value is -5.36. The largest absolute Gasteiger partial charge is 0.508 e. The minimum Gasteiger partial charge on any atom is -0.508 e. The van der Waals surface area contributed by atoms with E-state index in [1.807, 2.05) is 38.1 Å². The van der Waals surface area contributed by atoms with Crippen molar-refractivity contribution in [3.05, 3.63) is 95.7 Å². The van der Waals surface area contributed by atoms with Gasteiger partial charge < -0.3 is 42.0 Å². The molecule has 12 heteroatoms. The molecule has 4 aromatic rings. The van der Waals surface area contributed by atoms with Crippen LogP contribution in [0.15, 0.2) is 79.0 Å². The molecule has 0 aliphatic heterocycles. The van der Waals surface area contributed by atoms with Gasteiger partial charge in [-0.3, -0.25) is 14.4 Å². The molecule has 0 saturated carbocycles. The maximum Gasteiger partial charge on any atom is 0.326 e. The minimum absolute atomic E-state index is 0.0119. The van der Waals surface area contributed by atoms with Crippen molar-refractivity contribution in [1.82, 2.24) is 20.9 Å². The van der Waals surface area contributed by atoms with E-state index in [-0.39, 0.29) is 36.7 Å². The third-order valence-electron chi connectivity index (χ3n) is 7.79. The van der Waals surface area contributed by atoms with Gasteiger partial charge in [-0.2, -0.15) is 0 Å². The van der Waals surface area contributed by atoms with Gasteiger partial charge in [-0.1, -0.05) is 56.3 Å². The number of aromatic hydroxyl groups is 2. The molecule has 9 N–H and O–H groups in total. The first-order chi connectivity index (χ1) is 22.4. The molecule has 1 heterocycles. The molecule has 0 saturated heterocycles. The number of nitrogens with one attached hydrogen (secondary N) is 4. The van der Waals surface area contributed by atoms with Crippen LogP contribution in [0.25, 0.3) is 10.9 Å². The van der Waals surface area contributed by atoms with E-state index in [1.165, 1.54) is 24.3 Å². The van der Waals surface area contributed by atoms with Crippen LogP contribution < -0.4 is 21.7 Å². The minimum atomic E-state index is -1.32. The molecule has 0 aliphatic carbocycles. The average molecular weight is 644 g/mol. The number of carbonyl (C=O) groups excluding carboxylic acids is 3. The van der Waals surface area contributed by atoms with Crippen LogP contribution in [0.4, 0.5) is 0 Å². The Morgan fingerprint density at radius 3 is 1.70 bits per heavy atom. The number of benzene rings is 3. The lowest BCUT2D eigenvalue weighted by atomic mass is 10.00. The molecule has 0 spiro atoms. The first-order valence-electron chi connectivity index (χ1n) is 15.4. The Morgan fingerprint density at radius 1 is 0.702 bits per heavy atom. The number of amides is 3. The molecule has 4 unspecified atom stereocenters. The summed E-state index contributed by atoms with van der Waals surface area (Å²) in [5.74, 6) is -3.06. The van der Waals surface area contributed by atoms with Crippen molar-refractivity contribution in [2.75, 3.05) is 0 Å². The summed E-state index contributed by atoms with van der Waals surface area (Å²) in [6.45, 7) is 3.84. The maximum absolute atomic E-state index is 13.8. The van der Waals surface area contributed by atoms with E-state index < -0.39 is 47.9 Å². The standard InChI is InChI=1S/C35H41N5O7/c1-20(2)15-27(36)32(43)38-29(16-21-7-11-24(41)12-8-21)33(44)39-30(17-22-9-13-25(42)14-10-22)34(45)40-31(35(46)47)18-23-19-37-28-6-4-3-5-26(23)28/h3-14,19-20,27,29-31,37,41-42H,15-18,36H2,1-2H3,(H,38,43)(H,39,44)(H,40,45)(H,46,47). The lowest BCUT2D eigenvalue weighted by Crippen LogP contribution is -2.58. The molecular weight excluding hydrogens is 602 g/mol. The van der Waals surface area contributed by atoms with Crippen LogP contribution in [0.5, 0.6) is 11.5 Å². The number of H-pyrrole nitrogens is 1. The van der Waals surface area contributed by atoms with Crippen LogP contribution in [-0.4, -0.2) is 68.2 Å². The second-order valence-corrected chi connectivity index (χ2v) is 12.1. The van der Waals surface area contributed by atoms with Crippen LogP contribution in [0.1, 0.15) is 37.0 Å². The van der Waals surface area contributed by atoms with Crippen molar-refractivity contribution in [2.24, 2.45) is 11.7 Å². The van der Waals surface area contributed by atoms with Gasteiger partial charge in [-0.05, 0) is 59.4 Å². The van der Waals surface area contributed by atoms with E-state index in [0.717, 1.165) is 10.9 Å². The molecule has 3 aromatic carbocycles. The van der Waals surface area contributed by atoms with Gasteiger partial charge in [-0.15, -0.1) is 0 Å². The Bertz CT molecular complexity index is 1680. The number of carboxylic acid groups (broad SMARTS) is 1. The Morgan fingerprint density at radius 2 is 1.19 bits per heavy atom. The molecule has 248 valence electrons. The summed E-state index contributed by atoms with van der Waals surface area (Å²) in [5, 5.41) is 38.3. The summed E-state index contributed by atoms with van der Waals surface area (Å²) in [6, 6.07) is 15.0. The van der Waals surface area contributed by atoms with Gasteiger partial charge in [-0.25, -0.2) is 4.79 Å². The summed E-state index contributed by atoms with van der Waals surface area (Å²) < 4.78 is 0. The highest BCUT2D eigenvalue weighted by atomic mass is 16.4. The quantitative estimate of drug-likeness (QED) is 0.0963. The zero-order valence-electron chi connectivity index (χ0n) is 26.3. The van der Waals surface area contributed by atoms with E-state index in [0.29, 0.717) is 23.1 Å². The fourth-order valence-corrected chi connectivity index (χ4v) is 5.31. The summed E-state index contributed by atoms with van der Waals surface area (Å²) >= 11 is 0. The summed E-state index contributed by atoms with van der Waals surface area (Å²) in [7, 11) is 0. The Kier molecular flexibility index (Phi) is 11.6. The van der Waals surface area contributed by atoms with Crippen LogP contribution in [0.2, 0.25) is 0 Å². The predicted molar refractivity (Wildman–Crippen MR) is 176 cm³/mol. The number of aliphatic carboxylic acids is 1. The van der Waals surface area contributed by atoms with Gasteiger partial charge in [0.1, 0.15) is 29.6 Å². The van der Waals surface area contributed by atoms with E-state index in [1.54, 1.807) is 30.5 Å². The van der Waals surface area contributed by atoms with Crippen molar-refractivity contribution in [3.8, 4) is 11.5 Å². The van der Waals surface area contributed by atoms with Crippen molar-refractivity contribution in [2.45, 2.75) is 63.7 Å². The monoisotopic (exact) mass is 643 g/mol. The van der Waals surface area contributed by atoms with Crippen LogP contribution >= 0.6 is 0 Å². The number of phenols is 2. The average Bonchev–Trinajstić information content (AvgIpc) is 3.44. The summed E-state index contributed by atoms with van der Waals surface area (Å²) in [6.07, 6.45) is 2.06. The van der Waals surface area contributed by atoms with Crippen LogP contribution in [-0.2, 0) is 38.4 Å². The summed E-state index contributed by atoms with van der Waals surface area (Å²) in [5.41, 5.74) is 8.84. The molecule has 4 atom stereocenters. The van der Waals surface area contributed by atoms with Gasteiger partial charge in [0.05, 0.1) is 6.04 Å². The first kappa shape index (κ1) is 34.5. The zero-order chi connectivity index (χ0) is 34.1. The van der Waals surface area contributed by atoms with Crippen molar-refractivity contribution < 1.29 is 34.5 Å². The van der Waals surface area contributed by atoms with Gasteiger partial charge in [0, 0.05) is 36.4 Å². The molecule has 12 nitrogen and oxygen atoms in total. The lowest BCUT2D eigenvalue weighted by Gasteiger charge is -2.26. The highest BCUT2D eigenvalue weighted by Crippen LogP contribution is 2.20. The van der Waals surface area contributed by atoms with E-state index >= 15 is 0 Å². The Balaban J connectivity index is 1.58. The number of aromatic nitrogens is 1. The van der Waals surface area contributed by atoms with Gasteiger partial charge >= 0.3 is 5.97 Å². The van der Waals surface area contributed by atoms with Gasteiger partial charge in [0.2, 0.25) is 17.7 Å². The molecule has 0 aliphatic rings. The van der Waals surface area contributed by atoms with E-state index in [2.05, 4.69) is 20.9 Å². The second-order valence-electron chi connectivity index (χ2n) is 12.1. The molecule has 3 amide bonds. The fraction of sp³-hybridized carbons (Fsp3) is 0.314. The van der Waals surface area contributed by atoms with Crippen molar-refractivity contribution >= 4 is 34.6 Å². The Labute approximate surface area is 272 Å². The molecule has 0 bridgehead atoms. The van der Waals surface area contributed by atoms with Gasteiger partial charge in [0.15, 0.2) is 0 Å². The molecule has 0 radical (unpaired) electrons. The van der Waals surface area contributed by atoms with Crippen LogP contribution in [0, 0.1) is 5.92 Å². The molecular formula is C35H41N5O7. The van der Waals surface area contributed by atoms with Crippen molar-refractivity contribution in [1.29, 1.82) is 0 Å². The number of hydrogen-bond acceptors (Lipinski definition) is 7. The number of aromatic amines is 1. The number of nitrogens with two attached hydrogens (primary N) is 1. The van der Waals surface area contributed by atoms with Crippen molar-refractivity contribution in [3.63, 3.8) is 0 Å². The topological polar surface area (TPSA) is 207 Å². The maximum atomic E-state index is 13.8. The third-order valence-corrected chi connectivity index (χ3v) is 7.79. The molecule has 1 aromatic heterocycles. The van der Waals surface area contributed by atoms with Gasteiger partial charge in [0.25, 0.3) is 0 Å². The lowest BCUT2D eigenvalue weighted by molar-refractivity contribution is -0.142. The van der Waals surface area contributed by atoms with E-state index in [4.69, 9.17) is 5.73 Å². The molecule has 47 heavy (non-hydrogen) atoms. The number of para-hydroxylation sites is 1. The highest BCUT2D eigenvalue weighted by molar-refractivity contribution is 5.94. The smallest absolute Gasteiger partial charge is 0.326 e. The normalized spacial score (nSPS) is 13.8. The molecule has 4 rings (SSSR count). The predicted octanol–water partition coefficient (Wildman–Crippen LogP) is 2.52. The first-order valence-corrected chi connectivity index (χ1v) is 15.4. The SMILES string of the molecule is CC(C)CC(N)C(=O)NC(Cc1ccc(O)cc1)C(=O)NC(Cc1ccc(O)cc1)C(=O)NC(Cc1c[nH]c2ccccc12)C(=O)O. The number of fused-ring (bicyclic) bond motifs is 1. The number of rotatable bonds is 15. The third kappa shape index (κ3) is 9.81. The number of hydrogen-bond donors (Lipinski definition) is 8. The number of carboxylic acids is 1. The van der Waals surface area contributed by atoms with Crippen LogP contribution in [0.3, 0.4) is 0 Å². The molecule has 0 fully saturated rings. The highest BCUT2D eigenvalue weighted by Gasteiger charge is 2.31. The number of carbonyl (C=O) groups is 4. The summed E-state index contributed by atoms with van der Waals surface area (Å²) in [4.78, 5) is 56.0. The number of phenolic OH excluding ortho intramolecular Hbond substituents is 2. The second kappa shape index (κ2) is 15.8. The van der Waals surface area contributed by atoms with E-state index in [9.17, 15) is 34.5 Å².